The molecule has 0 spiro atoms. The third-order valence-electron chi connectivity index (χ3n) is 6.77. The molecule has 2 aromatic heterocycles. The molecule has 0 bridgehead atoms. The largest absolute Gasteiger partial charge is 0.356 e. The average Bonchev–Trinajstić information content (AvgIpc) is 3.20. The van der Waals surface area contributed by atoms with Crippen LogP contribution < -0.4 is 10.2 Å². The number of carbonyl (C=O) groups is 1. The highest BCUT2D eigenvalue weighted by Gasteiger charge is 2.33. The zero-order chi connectivity index (χ0) is 26.8. The lowest BCUT2D eigenvalue weighted by Gasteiger charge is -2.26. The summed E-state index contributed by atoms with van der Waals surface area (Å²) < 4.78 is 30.1. The molecular formula is C28H36F2N5OP. The van der Waals surface area contributed by atoms with E-state index in [1.807, 2.05) is 53.9 Å². The van der Waals surface area contributed by atoms with Crippen molar-refractivity contribution in [1.29, 1.82) is 0 Å². The number of amides is 1. The zero-order valence-electron chi connectivity index (χ0n) is 22.0. The standard InChI is InChI=1S/C28H36F2N5OP/c1-19-7-5-8-22(15-19)33-26(36)24-20(2)23(21-16-32-35(18-21)14-10-27(3,4)37)17-31-25(24)34-12-6-9-28(29,30)11-13-34/h5,7-8,15-18H,6,9-14,37H2,1-4H3,(H,33,36). The summed E-state index contributed by atoms with van der Waals surface area (Å²) in [6.07, 6.45) is 6.36. The normalized spacial score (nSPS) is 15.9. The summed E-state index contributed by atoms with van der Waals surface area (Å²) in [5, 5.41) is 7.62. The average molecular weight is 528 g/mol. The lowest BCUT2D eigenvalue weighted by atomic mass is 9.99. The molecule has 1 aliphatic heterocycles. The molecule has 1 atom stereocenters. The lowest BCUT2D eigenvalue weighted by molar-refractivity contribution is -0.0102. The number of aryl methyl sites for hydroxylation is 2. The highest BCUT2D eigenvalue weighted by Crippen LogP contribution is 2.35. The number of pyridine rings is 1. The quantitative estimate of drug-likeness (QED) is 0.357. The van der Waals surface area contributed by atoms with Crippen molar-refractivity contribution in [3.8, 4) is 11.1 Å². The van der Waals surface area contributed by atoms with Gasteiger partial charge in [-0.3, -0.25) is 9.48 Å². The topological polar surface area (TPSA) is 63.1 Å². The van der Waals surface area contributed by atoms with Crippen LogP contribution in [-0.4, -0.2) is 44.8 Å². The SMILES string of the molecule is Cc1cccc(NC(=O)c2c(N3CCCC(F)(F)CC3)ncc(-c3cnn(CCC(C)(C)P)c3)c2C)c1. The highest BCUT2D eigenvalue weighted by molar-refractivity contribution is 7.18. The first kappa shape index (κ1) is 27.2. The molecular weight excluding hydrogens is 491 g/mol. The molecule has 1 aliphatic rings. The van der Waals surface area contributed by atoms with Crippen LogP contribution in [0.4, 0.5) is 20.3 Å². The molecule has 1 amide bonds. The molecule has 1 aromatic carbocycles. The molecule has 0 aliphatic carbocycles. The van der Waals surface area contributed by atoms with Crippen molar-refractivity contribution in [2.75, 3.05) is 23.3 Å². The second-order valence-corrected chi connectivity index (χ2v) is 12.3. The first-order valence-electron chi connectivity index (χ1n) is 12.7. The zero-order valence-corrected chi connectivity index (χ0v) is 23.2. The van der Waals surface area contributed by atoms with Crippen LogP contribution in [-0.2, 0) is 6.54 Å². The predicted octanol–water partition coefficient (Wildman–Crippen LogP) is 6.48. The number of nitrogens with zero attached hydrogens (tertiary/aromatic N) is 4. The summed E-state index contributed by atoms with van der Waals surface area (Å²) >= 11 is 0. The van der Waals surface area contributed by atoms with Gasteiger partial charge in [0.25, 0.3) is 5.91 Å². The Labute approximate surface area is 220 Å². The van der Waals surface area contributed by atoms with Gasteiger partial charge in [0.1, 0.15) is 5.82 Å². The molecule has 0 saturated carbocycles. The first-order valence-corrected chi connectivity index (χ1v) is 13.3. The summed E-state index contributed by atoms with van der Waals surface area (Å²) in [5.74, 6) is -2.56. The van der Waals surface area contributed by atoms with Crippen LogP contribution in [0, 0.1) is 13.8 Å². The van der Waals surface area contributed by atoms with Gasteiger partial charge in [0.05, 0.1) is 11.8 Å². The highest BCUT2D eigenvalue weighted by atomic mass is 31.0. The van der Waals surface area contributed by atoms with Crippen molar-refractivity contribution in [3.05, 3.63) is 59.5 Å². The van der Waals surface area contributed by atoms with Gasteiger partial charge in [0.15, 0.2) is 0 Å². The minimum atomic E-state index is -2.70. The van der Waals surface area contributed by atoms with E-state index < -0.39 is 5.92 Å². The molecule has 6 nitrogen and oxygen atoms in total. The Bertz CT molecular complexity index is 1270. The van der Waals surface area contributed by atoms with Crippen LogP contribution in [0.5, 0.6) is 0 Å². The van der Waals surface area contributed by atoms with E-state index in [1.54, 1.807) is 12.4 Å². The fourth-order valence-corrected chi connectivity index (χ4v) is 4.74. The number of rotatable bonds is 7. The third kappa shape index (κ3) is 6.92. The van der Waals surface area contributed by atoms with Crippen molar-refractivity contribution < 1.29 is 13.6 Å². The second-order valence-electron chi connectivity index (χ2n) is 10.7. The Balaban J connectivity index is 1.71. The maximum atomic E-state index is 14.1. The predicted molar refractivity (Wildman–Crippen MR) is 149 cm³/mol. The maximum Gasteiger partial charge on any atom is 0.259 e. The summed E-state index contributed by atoms with van der Waals surface area (Å²) in [6.45, 7) is 9.51. The summed E-state index contributed by atoms with van der Waals surface area (Å²) in [7, 11) is 2.85. The molecule has 4 rings (SSSR count). The van der Waals surface area contributed by atoms with Crippen LogP contribution in [0.3, 0.4) is 0 Å². The van der Waals surface area contributed by atoms with Crippen LogP contribution in [0.25, 0.3) is 11.1 Å². The fourth-order valence-electron chi connectivity index (χ4n) is 4.61. The van der Waals surface area contributed by atoms with E-state index in [2.05, 4.69) is 38.5 Å². The van der Waals surface area contributed by atoms with E-state index in [-0.39, 0.29) is 30.4 Å². The van der Waals surface area contributed by atoms with Crippen LogP contribution in [0.1, 0.15) is 61.0 Å². The summed E-state index contributed by atoms with van der Waals surface area (Å²) in [4.78, 5) is 20.2. The molecule has 1 fully saturated rings. The van der Waals surface area contributed by atoms with Gasteiger partial charge < -0.3 is 10.2 Å². The number of benzene rings is 1. The number of alkyl halides is 2. The smallest absolute Gasteiger partial charge is 0.259 e. The fraction of sp³-hybridized carbons (Fsp3) is 0.464. The van der Waals surface area contributed by atoms with Gasteiger partial charge in [0.2, 0.25) is 5.92 Å². The van der Waals surface area contributed by atoms with Gasteiger partial charge >= 0.3 is 0 Å². The van der Waals surface area contributed by atoms with Gasteiger partial charge in [-0.1, -0.05) is 26.0 Å². The molecule has 1 unspecified atom stereocenters. The van der Waals surface area contributed by atoms with Gasteiger partial charge in [-0.05, 0) is 55.1 Å². The van der Waals surface area contributed by atoms with Gasteiger partial charge in [0, 0.05) is 61.7 Å². The van der Waals surface area contributed by atoms with Gasteiger partial charge in [-0.2, -0.15) is 5.10 Å². The van der Waals surface area contributed by atoms with Gasteiger partial charge in [-0.15, -0.1) is 9.24 Å². The molecule has 37 heavy (non-hydrogen) atoms. The number of aromatic nitrogens is 3. The molecule has 1 saturated heterocycles. The number of anilines is 2. The van der Waals surface area contributed by atoms with Crippen molar-refractivity contribution in [2.24, 2.45) is 0 Å². The Kier molecular flexibility index (Phi) is 7.98. The molecule has 198 valence electrons. The monoisotopic (exact) mass is 527 g/mol. The van der Waals surface area contributed by atoms with E-state index in [0.717, 1.165) is 35.2 Å². The molecule has 1 N–H and O–H groups in total. The lowest BCUT2D eigenvalue weighted by Crippen LogP contribution is -2.30. The first-order chi connectivity index (χ1) is 17.4. The molecule has 9 heteroatoms. The molecule has 3 aromatic rings. The molecule has 0 radical (unpaired) electrons. The number of hydrogen-bond acceptors (Lipinski definition) is 4. The third-order valence-corrected chi connectivity index (χ3v) is 7.06. The Morgan fingerprint density at radius 1 is 1.19 bits per heavy atom. The number of nitrogens with one attached hydrogen (secondary N) is 1. The van der Waals surface area contributed by atoms with E-state index in [1.165, 1.54) is 0 Å². The summed E-state index contributed by atoms with van der Waals surface area (Å²) in [5.41, 5.74) is 4.52. The van der Waals surface area contributed by atoms with Crippen LogP contribution in [0.2, 0.25) is 0 Å². The minimum Gasteiger partial charge on any atom is -0.356 e. The van der Waals surface area contributed by atoms with Crippen molar-refractivity contribution in [1.82, 2.24) is 14.8 Å². The van der Waals surface area contributed by atoms with E-state index in [4.69, 9.17) is 0 Å². The Morgan fingerprint density at radius 3 is 2.70 bits per heavy atom. The van der Waals surface area contributed by atoms with E-state index in [9.17, 15) is 13.6 Å². The van der Waals surface area contributed by atoms with Crippen molar-refractivity contribution in [2.45, 2.75) is 71.0 Å². The number of halogens is 2. The maximum absolute atomic E-state index is 14.1. The second kappa shape index (κ2) is 10.9. The summed E-state index contributed by atoms with van der Waals surface area (Å²) in [6, 6.07) is 7.58. The van der Waals surface area contributed by atoms with Crippen LogP contribution >= 0.6 is 9.24 Å². The number of hydrogen-bond donors (Lipinski definition) is 1. The Morgan fingerprint density at radius 2 is 1.97 bits per heavy atom. The Hall–Kier alpha value is -2.86. The van der Waals surface area contributed by atoms with Crippen molar-refractivity contribution in [3.63, 3.8) is 0 Å². The molecule has 3 heterocycles. The minimum absolute atomic E-state index is 0.107. The van der Waals surface area contributed by atoms with Crippen LogP contribution in [0.15, 0.2) is 42.9 Å². The van der Waals surface area contributed by atoms with Crippen molar-refractivity contribution >= 4 is 26.7 Å². The van der Waals surface area contributed by atoms with E-state index in [0.29, 0.717) is 30.0 Å². The van der Waals surface area contributed by atoms with E-state index >= 15 is 0 Å². The number of carbonyl (C=O) groups excluding carboxylic acids is 1. The van der Waals surface area contributed by atoms with Gasteiger partial charge in [-0.25, -0.2) is 13.8 Å².